The van der Waals surface area contributed by atoms with Gasteiger partial charge < -0.3 is 62.9 Å². The minimum Gasteiger partial charge on any atom is -0.445 e. The zero-order chi connectivity index (χ0) is 51.1. The molecular formula is C58H79N3O12. The van der Waals surface area contributed by atoms with Gasteiger partial charge in [-0.1, -0.05) is 135 Å². The minimum absolute atomic E-state index is 0. The highest BCUT2D eigenvalue weighted by Crippen LogP contribution is 2.42. The number of allylic oxidation sites excluding steroid dienone is 1. The highest BCUT2D eigenvalue weighted by atomic mass is 16.8. The van der Waals surface area contributed by atoms with E-state index in [-0.39, 0.29) is 81.3 Å². The van der Waals surface area contributed by atoms with Gasteiger partial charge in [0, 0.05) is 40.4 Å². The summed E-state index contributed by atoms with van der Waals surface area (Å²) in [4.78, 5) is 30.0. The number of ether oxygens (including phenoxy) is 10. The smallest absolute Gasteiger partial charge is 0.410 e. The predicted molar refractivity (Wildman–Crippen MR) is 277 cm³/mol. The van der Waals surface area contributed by atoms with E-state index in [1.807, 2.05) is 155 Å². The van der Waals surface area contributed by atoms with E-state index < -0.39 is 24.2 Å². The number of hydrogen-bond acceptors (Lipinski definition) is 13. The number of hydrogen-bond donors (Lipinski definition) is 1. The molecule has 4 aliphatic rings. The lowest BCUT2D eigenvalue weighted by Crippen LogP contribution is -2.39. The maximum atomic E-state index is 13.2. The Morgan fingerprint density at radius 3 is 1.32 bits per heavy atom. The second-order valence-electron chi connectivity index (χ2n) is 19.8. The first kappa shape index (κ1) is 57.1. The molecule has 0 aliphatic carbocycles. The third-order valence-corrected chi connectivity index (χ3v) is 13.2. The molecule has 15 nitrogen and oxygen atoms in total. The molecule has 4 heterocycles. The first-order valence-corrected chi connectivity index (χ1v) is 25.1. The molecule has 0 radical (unpaired) electrons. The zero-order valence-electron chi connectivity index (χ0n) is 42.8. The van der Waals surface area contributed by atoms with Crippen LogP contribution in [0.3, 0.4) is 0 Å². The van der Waals surface area contributed by atoms with Crippen LogP contribution in [-0.4, -0.2) is 117 Å². The number of amides is 2. The number of nitrogens with two attached hydrogens (primary N) is 1. The fraction of sp³-hybridized carbons (Fsp3) is 0.517. The van der Waals surface area contributed by atoms with Crippen LogP contribution in [0, 0.1) is 11.8 Å². The van der Waals surface area contributed by atoms with E-state index in [2.05, 4.69) is 6.58 Å². The highest BCUT2D eigenvalue weighted by Gasteiger charge is 2.57. The summed E-state index contributed by atoms with van der Waals surface area (Å²) in [6, 6.07) is 39.2. The van der Waals surface area contributed by atoms with Gasteiger partial charge in [-0.05, 0) is 94.0 Å². The van der Waals surface area contributed by atoms with E-state index in [1.54, 1.807) is 24.0 Å². The highest BCUT2D eigenvalue weighted by molar-refractivity contribution is 5.68. The summed E-state index contributed by atoms with van der Waals surface area (Å²) in [7, 11) is 3.23. The van der Waals surface area contributed by atoms with Gasteiger partial charge in [-0.15, -0.1) is 6.58 Å². The topological polar surface area (TPSA) is 159 Å². The van der Waals surface area contributed by atoms with Crippen LogP contribution in [0.1, 0.15) is 83.1 Å². The molecule has 8 rings (SSSR count). The molecule has 0 spiro atoms. The van der Waals surface area contributed by atoms with Crippen molar-refractivity contribution in [3.05, 3.63) is 156 Å². The largest absolute Gasteiger partial charge is 0.445 e. The van der Waals surface area contributed by atoms with Crippen molar-refractivity contribution in [2.45, 2.75) is 148 Å². The van der Waals surface area contributed by atoms with Gasteiger partial charge in [0.25, 0.3) is 0 Å². The van der Waals surface area contributed by atoms with Crippen LogP contribution < -0.4 is 5.73 Å². The summed E-state index contributed by atoms with van der Waals surface area (Å²) in [6.07, 6.45) is 1.51. The maximum Gasteiger partial charge on any atom is 0.410 e. The molecule has 0 aromatic heterocycles. The normalized spacial score (nSPS) is 24.9. The SMILES string of the molecule is C.C=CC[C@@H](C[C@H]1O[C@@H](OC)[C@H]2OC(C)(C)OC12)CN(Cc1ccccc1)C(=O)OCc1ccccc1.CO[C@@H]1O[C@H](C[C@H](CCN)CN(Cc2ccccc2)C(=O)OCc2ccccc2)C2OC(C)(C)O[C@@H]21. The van der Waals surface area contributed by atoms with Gasteiger partial charge in [-0.2, -0.15) is 0 Å². The number of rotatable bonds is 22. The number of carbonyl (C=O) groups excluding carboxylic acids is 2. The third-order valence-electron chi connectivity index (χ3n) is 13.2. The van der Waals surface area contributed by atoms with E-state index in [1.165, 1.54) is 0 Å². The van der Waals surface area contributed by atoms with Crippen LogP contribution in [-0.2, 0) is 73.7 Å². The molecule has 73 heavy (non-hydrogen) atoms. The molecular weight excluding hydrogens is 931 g/mol. The number of carbonyl (C=O) groups is 2. The third kappa shape index (κ3) is 16.4. The Hall–Kier alpha value is -5.20. The minimum atomic E-state index is -0.696. The second-order valence-corrected chi connectivity index (χ2v) is 19.8. The molecule has 4 aromatic carbocycles. The molecule has 2 amide bonds. The molecule has 15 heteroatoms. The average Bonchev–Trinajstić information content (AvgIpc) is 4.08. The van der Waals surface area contributed by atoms with Gasteiger partial charge in [0.15, 0.2) is 24.2 Å². The monoisotopic (exact) mass is 1010 g/mol. The Morgan fingerprint density at radius 1 is 0.589 bits per heavy atom. The van der Waals surface area contributed by atoms with Gasteiger partial charge in [0.1, 0.15) is 37.6 Å². The number of benzene rings is 4. The predicted octanol–water partition coefficient (Wildman–Crippen LogP) is 10.0. The lowest BCUT2D eigenvalue weighted by Gasteiger charge is -2.30. The summed E-state index contributed by atoms with van der Waals surface area (Å²) < 4.78 is 59.2. The molecule has 398 valence electrons. The molecule has 4 saturated heterocycles. The quantitative estimate of drug-likeness (QED) is 0.0742. The van der Waals surface area contributed by atoms with Gasteiger partial charge >= 0.3 is 12.2 Å². The summed E-state index contributed by atoms with van der Waals surface area (Å²) in [5.74, 6) is -1.22. The second kappa shape index (κ2) is 27.4. The van der Waals surface area contributed by atoms with Crippen molar-refractivity contribution < 1.29 is 57.0 Å². The first-order chi connectivity index (χ1) is 34.8. The Kier molecular flexibility index (Phi) is 21.4. The standard InChI is InChI=1S/C29H37NO6.C28H38N2O6.CH4/c1-5-12-23(17-24-25-26(27(32-4)34-24)36-29(2,3)35-25)19-30(18-21-13-8-6-9-14-21)28(31)33-20-22-15-10-7-11-16-22;1-28(2)35-24-23(34-26(32-3)25(24)36-28)16-22(14-15-29)18-30(17-20-10-6-4-7-11-20)27(31)33-19-21-12-8-5-9-13-21;/h5-11,13-16,23-27H,1,12,17-20H2,2-4H3;4-13,22-26H,14-19,29H2,1-3H3;1H4/t23-,24+,25?,26-,27+;22-,23+,24?,25-,26+;/m00./s1. The van der Waals surface area contributed by atoms with Crippen LogP contribution in [0.4, 0.5) is 9.59 Å². The fourth-order valence-corrected chi connectivity index (χ4v) is 9.96. The molecule has 4 aliphatic heterocycles. The van der Waals surface area contributed by atoms with Crippen molar-refractivity contribution in [2.24, 2.45) is 17.6 Å². The van der Waals surface area contributed by atoms with Crippen LogP contribution in [0.25, 0.3) is 0 Å². The molecule has 2 N–H and O–H groups in total. The molecule has 4 aromatic rings. The molecule has 2 unspecified atom stereocenters. The Labute approximate surface area is 433 Å². The zero-order valence-corrected chi connectivity index (χ0v) is 42.8. The summed E-state index contributed by atoms with van der Waals surface area (Å²) in [6.45, 7) is 14.4. The van der Waals surface area contributed by atoms with Gasteiger partial charge in [-0.25, -0.2) is 9.59 Å². The van der Waals surface area contributed by atoms with E-state index in [9.17, 15) is 9.59 Å². The van der Waals surface area contributed by atoms with Crippen molar-refractivity contribution in [1.29, 1.82) is 0 Å². The van der Waals surface area contributed by atoms with E-state index >= 15 is 0 Å². The number of fused-ring (bicyclic) bond motifs is 2. The van der Waals surface area contributed by atoms with Crippen LogP contribution in [0.5, 0.6) is 0 Å². The Balaban J connectivity index is 0.000000235. The maximum absolute atomic E-state index is 13.2. The molecule has 0 saturated carbocycles. The average molecular weight is 1010 g/mol. The summed E-state index contributed by atoms with van der Waals surface area (Å²) >= 11 is 0. The van der Waals surface area contributed by atoms with Crippen molar-refractivity contribution in [1.82, 2.24) is 9.80 Å². The lowest BCUT2D eigenvalue weighted by molar-refractivity contribution is -0.228. The van der Waals surface area contributed by atoms with Crippen molar-refractivity contribution in [3.63, 3.8) is 0 Å². The molecule has 10 atom stereocenters. The first-order valence-electron chi connectivity index (χ1n) is 25.1. The van der Waals surface area contributed by atoms with E-state index in [0.717, 1.165) is 35.1 Å². The van der Waals surface area contributed by atoms with E-state index in [4.69, 9.17) is 53.1 Å². The van der Waals surface area contributed by atoms with Crippen LogP contribution in [0.2, 0.25) is 0 Å². The molecule has 0 bridgehead atoms. The van der Waals surface area contributed by atoms with Crippen LogP contribution in [0.15, 0.2) is 134 Å². The Bertz CT molecular complexity index is 2260. The van der Waals surface area contributed by atoms with Crippen LogP contribution >= 0.6 is 0 Å². The lowest BCUT2D eigenvalue weighted by atomic mass is 9.94. The fourth-order valence-electron chi connectivity index (χ4n) is 9.96. The summed E-state index contributed by atoms with van der Waals surface area (Å²) in [5.41, 5.74) is 9.96. The van der Waals surface area contributed by atoms with Gasteiger partial charge in [-0.3, -0.25) is 0 Å². The van der Waals surface area contributed by atoms with E-state index in [0.29, 0.717) is 45.6 Å². The van der Waals surface area contributed by atoms with Crippen molar-refractivity contribution in [2.75, 3.05) is 33.9 Å². The number of methoxy groups -OCH3 is 2. The number of nitrogens with zero attached hydrogens (tertiary/aromatic N) is 2. The molecule has 4 fully saturated rings. The van der Waals surface area contributed by atoms with Gasteiger partial charge in [0.05, 0.1) is 12.2 Å². The van der Waals surface area contributed by atoms with Crippen molar-refractivity contribution in [3.8, 4) is 0 Å². The summed E-state index contributed by atoms with van der Waals surface area (Å²) in [5, 5.41) is 0. The Morgan fingerprint density at radius 2 is 0.945 bits per heavy atom. The van der Waals surface area contributed by atoms with Gasteiger partial charge in [0.2, 0.25) is 0 Å². The van der Waals surface area contributed by atoms with Crippen molar-refractivity contribution >= 4 is 12.2 Å².